The van der Waals surface area contributed by atoms with Gasteiger partial charge in [0, 0.05) is 23.8 Å². The molecular weight excluding hydrogens is 288 g/mol. The molecule has 2 rings (SSSR count). The van der Waals surface area contributed by atoms with Crippen molar-refractivity contribution in [2.75, 3.05) is 6.54 Å². The zero-order chi connectivity index (χ0) is 12.8. The molecule has 18 heavy (non-hydrogen) atoms. The Morgan fingerprint density at radius 2 is 1.83 bits per heavy atom. The van der Waals surface area contributed by atoms with Gasteiger partial charge >= 0.3 is 0 Å². The third-order valence-electron chi connectivity index (χ3n) is 2.88. The average molecular weight is 305 g/mol. The van der Waals surface area contributed by atoms with Gasteiger partial charge < -0.3 is 0 Å². The molecule has 0 aliphatic carbocycles. The largest absolute Gasteiger partial charge is 0.294 e. The van der Waals surface area contributed by atoms with Crippen molar-refractivity contribution in [3.8, 4) is 0 Å². The van der Waals surface area contributed by atoms with Gasteiger partial charge in [-0.15, -0.1) is 0 Å². The van der Waals surface area contributed by atoms with E-state index in [0.717, 1.165) is 29.8 Å². The van der Waals surface area contributed by atoms with Crippen molar-refractivity contribution in [2.45, 2.75) is 20.0 Å². The number of pyridine rings is 1. The summed E-state index contributed by atoms with van der Waals surface area (Å²) in [5.74, 6) is 0. The Kier molecular flexibility index (Phi) is 4.90. The lowest BCUT2D eigenvalue weighted by molar-refractivity contribution is 0.268. The maximum Gasteiger partial charge on any atom is 0.0544 e. The van der Waals surface area contributed by atoms with Crippen LogP contribution < -0.4 is 0 Å². The monoisotopic (exact) mass is 304 g/mol. The summed E-state index contributed by atoms with van der Waals surface area (Å²) in [6, 6.07) is 14.6. The molecule has 0 radical (unpaired) electrons. The summed E-state index contributed by atoms with van der Waals surface area (Å²) in [4.78, 5) is 6.75. The number of rotatable bonds is 5. The number of hydrogen-bond acceptors (Lipinski definition) is 2. The molecule has 1 heterocycles. The molecule has 94 valence electrons. The predicted octanol–water partition coefficient (Wildman–Crippen LogP) is 3.87. The third-order valence-corrected chi connectivity index (χ3v) is 3.41. The van der Waals surface area contributed by atoms with Crippen LogP contribution in [0.2, 0.25) is 0 Å². The maximum absolute atomic E-state index is 4.37. The summed E-state index contributed by atoms with van der Waals surface area (Å²) in [5, 5.41) is 0. The van der Waals surface area contributed by atoms with Gasteiger partial charge in [0.1, 0.15) is 0 Å². The highest BCUT2D eigenvalue weighted by Gasteiger charge is 2.05. The van der Waals surface area contributed by atoms with Gasteiger partial charge in [-0.25, -0.2) is 0 Å². The second kappa shape index (κ2) is 6.66. The summed E-state index contributed by atoms with van der Waals surface area (Å²) in [6.07, 6.45) is 1.85. The fraction of sp³-hybridized carbons (Fsp3) is 0.267. The molecule has 0 unspecified atom stereocenters. The van der Waals surface area contributed by atoms with Crippen LogP contribution in [0.15, 0.2) is 53.1 Å². The highest BCUT2D eigenvalue weighted by molar-refractivity contribution is 9.10. The van der Waals surface area contributed by atoms with Crippen LogP contribution in [0.4, 0.5) is 0 Å². The van der Waals surface area contributed by atoms with E-state index in [1.165, 1.54) is 5.56 Å². The zero-order valence-electron chi connectivity index (χ0n) is 10.5. The zero-order valence-corrected chi connectivity index (χ0v) is 12.1. The van der Waals surface area contributed by atoms with E-state index in [0.29, 0.717) is 0 Å². The van der Waals surface area contributed by atoms with E-state index in [1.54, 1.807) is 0 Å². The van der Waals surface area contributed by atoms with Gasteiger partial charge in [0.05, 0.1) is 5.69 Å². The SMILES string of the molecule is CCN(Cc1ccc(Br)cc1)Cc1ccccn1. The molecule has 0 bridgehead atoms. The Morgan fingerprint density at radius 3 is 2.44 bits per heavy atom. The molecule has 1 aromatic carbocycles. The number of halogens is 1. The first-order valence-electron chi connectivity index (χ1n) is 6.14. The summed E-state index contributed by atoms with van der Waals surface area (Å²) in [7, 11) is 0. The fourth-order valence-corrected chi connectivity index (χ4v) is 2.11. The lowest BCUT2D eigenvalue weighted by Crippen LogP contribution is -2.22. The molecule has 0 saturated carbocycles. The molecule has 0 aliphatic heterocycles. The van der Waals surface area contributed by atoms with E-state index in [4.69, 9.17) is 0 Å². The van der Waals surface area contributed by atoms with Crippen molar-refractivity contribution in [1.82, 2.24) is 9.88 Å². The first kappa shape index (κ1) is 13.2. The van der Waals surface area contributed by atoms with Gasteiger partial charge in [0.15, 0.2) is 0 Å². The molecule has 0 saturated heterocycles. The predicted molar refractivity (Wildman–Crippen MR) is 78.2 cm³/mol. The van der Waals surface area contributed by atoms with Gasteiger partial charge in [0.2, 0.25) is 0 Å². The smallest absolute Gasteiger partial charge is 0.0544 e. The Bertz CT molecular complexity index is 468. The van der Waals surface area contributed by atoms with Crippen molar-refractivity contribution in [3.05, 3.63) is 64.4 Å². The first-order valence-corrected chi connectivity index (χ1v) is 6.94. The normalized spacial score (nSPS) is 10.8. The Labute approximate surface area is 117 Å². The van der Waals surface area contributed by atoms with E-state index in [9.17, 15) is 0 Å². The van der Waals surface area contributed by atoms with Crippen LogP contribution in [0.25, 0.3) is 0 Å². The van der Waals surface area contributed by atoms with E-state index in [1.807, 2.05) is 18.3 Å². The molecule has 0 N–H and O–H groups in total. The highest BCUT2D eigenvalue weighted by Crippen LogP contribution is 2.13. The number of hydrogen-bond donors (Lipinski definition) is 0. The minimum Gasteiger partial charge on any atom is -0.294 e. The number of benzene rings is 1. The van der Waals surface area contributed by atoms with E-state index in [2.05, 4.69) is 63.1 Å². The molecular formula is C15H17BrN2. The Hall–Kier alpha value is -1.19. The van der Waals surface area contributed by atoms with Crippen molar-refractivity contribution in [1.29, 1.82) is 0 Å². The van der Waals surface area contributed by atoms with Crippen LogP contribution >= 0.6 is 15.9 Å². The van der Waals surface area contributed by atoms with Crippen LogP contribution in [0, 0.1) is 0 Å². The summed E-state index contributed by atoms with van der Waals surface area (Å²) in [6.45, 7) is 5.06. The third kappa shape index (κ3) is 3.93. The van der Waals surface area contributed by atoms with Crippen LogP contribution in [-0.4, -0.2) is 16.4 Å². The lowest BCUT2D eigenvalue weighted by atomic mass is 10.2. The van der Waals surface area contributed by atoms with Crippen molar-refractivity contribution < 1.29 is 0 Å². The summed E-state index contributed by atoms with van der Waals surface area (Å²) in [5.41, 5.74) is 2.45. The van der Waals surface area contributed by atoms with Crippen molar-refractivity contribution >= 4 is 15.9 Å². The minimum absolute atomic E-state index is 0.896. The van der Waals surface area contributed by atoms with Crippen LogP contribution in [0.3, 0.4) is 0 Å². The number of nitrogens with zero attached hydrogens (tertiary/aromatic N) is 2. The topological polar surface area (TPSA) is 16.1 Å². The minimum atomic E-state index is 0.896. The average Bonchev–Trinajstić information content (AvgIpc) is 2.41. The standard InChI is InChI=1S/C15H17BrN2/c1-2-18(12-15-5-3-4-10-17-15)11-13-6-8-14(16)9-7-13/h3-10H,2,11-12H2,1H3. The van der Waals surface area contributed by atoms with Gasteiger partial charge in [-0.1, -0.05) is 41.1 Å². The maximum atomic E-state index is 4.37. The number of aromatic nitrogens is 1. The second-order valence-corrected chi connectivity index (χ2v) is 5.17. The van der Waals surface area contributed by atoms with Crippen LogP contribution in [0.5, 0.6) is 0 Å². The molecule has 0 fully saturated rings. The molecule has 1 aromatic heterocycles. The van der Waals surface area contributed by atoms with E-state index >= 15 is 0 Å². The van der Waals surface area contributed by atoms with Gasteiger partial charge in [-0.2, -0.15) is 0 Å². The van der Waals surface area contributed by atoms with Crippen LogP contribution in [0.1, 0.15) is 18.2 Å². The first-order chi connectivity index (χ1) is 8.78. The quantitative estimate of drug-likeness (QED) is 0.833. The fourth-order valence-electron chi connectivity index (χ4n) is 1.85. The van der Waals surface area contributed by atoms with E-state index in [-0.39, 0.29) is 0 Å². The molecule has 0 amide bonds. The second-order valence-electron chi connectivity index (χ2n) is 4.25. The highest BCUT2D eigenvalue weighted by atomic mass is 79.9. The lowest BCUT2D eigenvalue weighted by Gasteiger charge is -2.20. The molecule has 2 aromatic rings. The summed E-state index contributed by atoms with van der Waals surface area (Å²) >= 11 is 3.46. The van der Waals surface area contributed by atoms with Gasteiger partial charge in [-0.3, -0.25) is 9.88 Å². The Balaban J connectivity index is 1.99. The van der Waals surface area contributed by atoms with Crippen LogP contribution in [-0.2, 0) is 13.1 Å². The van der Waals surface area contributed by atoms with Crippen molar-refractivity contribution in [3.63, 3.8) is 0 Å². The van der Waals surface area contributed by atoms with E-state index < -0.39 is 0 Å². The van der Waals surface area contributed by atoms with Gasteiger partial charge in [0.25, 0.3) is 0 Å². The summed E-state index contributed by atoms with van der Waals surface area (Å²) < 4.78 is 1.12. The molecule has 0 aliphatic rings. The molecule has 0 spiro atoms. The Morgan fingerprint density at radius 1 is 1.06 bits per heavy atom. The van der Waals surface area contributed by atoms with Crippen molar-refractivity contribution in [2.24, 2.45) is 0 Å². The molecule has 2 nitrogen and oxygen atoms in total. The van der Waals surface area contributed by atoms with Gasteiger partial charge in [-0.05, 0) is 36.4 Å². The molecule has 0 atom stereocenters. The molecule has 3 heteroatoms.